The lowest BCUT2D eigenvalue weighted by atomic mass is 9.92. The van der Waals surface area contributed by atoms with Gasteiger partial charge in [0.1, 0.15) is 6.04 Å². The van der Waals surface area contributed by atoms with Crippen molar-refractivity contribution in [3.63, 3.8) is 0 Å². The number of benzene rings is 2. The molecule has 8 nitrogen and oxygen atoms in total. The Balaban J connectivity index is 1.81. The topological polar surface area (TPSA) is 128 Å². The molecule has 2 aromatic rings. The fraction of sp³-hybridized carbons (Fsp3) is 0.393. The van der Waals surface area contributed by atoms with E-state index in [1.54, 1.807) is 19.1 Å². The van der Waals surface area contributed by atoms with Gasteiger partial charge in [-0.3, -0.25) is 14.4 Å². The molecule has 0 aliphatic carbocycles. The zero-order valence-electron chi connectivity index (χ0n) is 20.9. The number of amides is 2. The van der Waals surface area contributed by atoms with Crippen molar-refractivity contribution in [2.24, 2.45) is 5.92 Å². The molecular weight excluding hydrogens is 460 g/mol. The highest BCUT2D eigenvalue weighted by molar-refractivity contribution is 6.03. The molecule has 1 aliphatic heterocycles. The van der Waals surface area contributed by atoms with Gasteiger partial charge in [0.25, 0.3) is 5.91 Å². The Morgan fingerprint density at radius 3 is 2.19 bits per heavy atom. The number of Topliss-reactive ketones (excluding diaryl/α,β-unsaturated/α-hetero) is 1. The third-order valence-corrected chi connectivity index (χ3v) is 6.17. The van der Waals surface area contributed by atoms with Crippen LogP contribution in [0.5, 0.6) is 0 Å². The highest BCUT2D eigenvalue weighted by Crippen LogP contribution is 2.30. The average Bonchev–Trinajstić information content (AvgIpc) is 3.67. The molecule has 192 valence electrons. The van der Waals surface area contributed by atoms with Crippen LogP contribution < -0.4 is 10.6 Å². The van der Waals surface area contributed by atoms with Crippen LogP contribution in [0.25, 0.3) is 16.7 Å². The van der Waals surface area contributed by atoms with Gasteiger partial charge in [0, 0.05) is 5.56 Å². The van der Waals surface area contributed by atoms with E-state index in [4.69, 9.17) is 4.74 Å². The summed E-state index contributed by atoms with van der Waals surface area (Å²) in [4.78, 5) is 39.2. The summed E-state index contributed by atoms with van der Waals surface area (Å²) < 4.78 is 5.17. The van der Waals surface area contributed by atoms with Crippen molar-refractivity contribution >= 4 is 23.2 Å². The van der Waals surface area contributed by atoms with Gasteiger partial charge >= 0.3 is 0 Å². The van der Waals surface area contributed by atoms with Crippen LogP contribution in [0.3, 0.4) is 0 Å². The minimum Gasteiger partial charge on any atom is -0.394 e. The van der Waals surface area contributed by atoms with Crippen LogP contribution in [0, 0.1) is 5.92 Å². The van der Waals surface area contributed by atoms with Crippen molar-refractivity contribution in [2.45, 2.75) is 44.9 Å². The predicted molar refractivity (Wildman–Crippen MR) is 137 cm³/mol. The third-order valence-electron chi connectivity index (χ3n) is 6.17. The maximum Gasteiger partial charge on any atom is 0.252 e. The lowest BCUT2D eigenvalue weighted by Gasteiger charge is -2.25. The summed E-state index contributed by atoms with van der Waals surface area (Å²) in [6, 6.07) is 12.8. The fourth-order valence-electron chi connectivity index (χ4n) is 4.04. The molecule has 0 radical (unpaired) electrons. The molecule has 2 amide bonds. The number of carbonyl (C=O) groups excluding carboxylic acids is 3. The summed E-state index contributed by atoms with van der Waals surface area (Å²) in [6.45, 7) is 8.48. The zero-order chi connectivity index (χ0) is 26.5. The molecule has 3 rings (SSSR count). The number of ether oxygens (including phenoxy) is 1. The van der Waals surface area contributed by atoms with Gasteiger partial charge in [-0.1, -0.05) is 68.5 Å². The first-order valence-corrected chi connectivity index (χ1v) is 12.0. The molecule has 0 unspecified atom stereocenters. The minimum atomic E-state index is -1.29. The molecule has 0 bridgehead atoms. The Morgan fingerprint density at radius 2 is 1.67 bits per heavy atom. The van der Waals surface area contributed by atoms with Crippen molar-refractivity contribution in [2.75, 3.05) is 19.8 Å². The smallest absolute Gasteiger partial charge is 0.252 e. The quantitative estimate of drug-likeness (QED) is 0.335. The molecule has 0 spiro atoms. The molecule has 8 heteroatoms. The monoisotopic (exact) mass is 494 g/mol. The molecular formula is C28H34N2O6. The number of allylic oxidation sites excluding steroid dienone is 1. The zero-order valence-corrected chi connectivity index (χ0v) is 20.9. The van der Waals surface area contributed by atoms with Crippen LogP contribution in [-0.4, -0.2) is 65.3 Å². The first-order chi connectivity index (χ1) is 17.1. The Bertz CT molecular complexity index is 1120. The Labute approximate surface area is 211 Å². The van der Waals surface area contributed by atoms with Gasteiger partial charge in [0.05, 0.1) is 25.9 Å². The first-order valence-electron chi connectivity index (χ1n) is 12.0. The summed E-state index contributed by atoms with van der Waals surface area (Å²) in [5.41, 5.74) is 2.05. The van der Waals surface area contributed by atoms with Crippen molar-refractivity contribution in [3.05, 3.63) is 66.2 Å². The molecule has 2 aromatic carbocycles. The number of nitrogens with one attached hydrogen (secondary N) is 2. The van der Waals surface area contributed by atoms with E-state index in [-0.39, 0.29) is 12.5 Å². The average molecular weight is 495 g/mol. The van der Waals surface area contributed by atoms with Crippen LogP contribution >= 0.6 is 0 Å². The highest BCUT2D eigenvalue weighted by Gasteiger charge is 2.54. The van der Waals surface area contributed by atoms with Gasteiger partial charge in [-0.2, -0.15) is 0 Å². The number of hydrogen-bond acceptors (Lipinski definition) is 6. The molecule has 1 saturated heterocycles. The molecule has 1 aliphatic rings. The summed E-state index contributed by atoms with van der Waals surface area (Å²) in [6.07, 6.45) is 0.320. The number of aliphatic hydroxyl groups excluding tert-OH is 2. The van der Waals surface area contributed by atoms with E-state index in [1.807, 2.05) is 50.2 Å². The van der Waals surface area contributed by atoms with E-state index >= 15 is 0 Å². The maximum atomic E-state index is 13.3. The summed E-state index contributed by atoms with van der Waals surface area (Å²) in [7, 11) is 0. The number of epoxide rings is 1. The van der Waals surface area contributed by atoms with E-state index < -0.39 is 48.5 Å². The minimum absolute atomic E-state index is 0.0646. The summed E-state index contributed by atoms with van der Waals surface area (Å²) >= 11 is 0. The van der Waals surface area contributed by atoms with Crippen LogP contribution in [-0.2, 0) is 14.3 Å². The highest BCUT2D eigenvalue weighted by atomic mass is 16.6. The SMILES string of the molecule is C=C(C)c1ccc(-c2ccccc2)cc1C(=O)N[C@@H](CO)C(=O)N[C@@H](CC(C)C)C(=O)[C@@]1(CO)CO1. The van der Waals surface area contributed by atoms with Gasteiger partial charge in [-0.25, -0.2) is 0 Å². The number of rotatable bonds is 12. The first kappa shape index (κ1) is 27.3. The van der Waals surface area contributed by atoms with Gasteiger partial charge < -0.3 is 25.6 Å². The summed E-state index contributed by atoms with van der Waals surface area (Å²) in [5.74, 6) is -1.61. The number of carbonyl (C=O) groups is 3. The number of ketones is 1. The number of aliphatic hydroxyl groups is 2. The second-order valence-corrected chi connectivity index (χ2v) is 9.61. The van der Waals surface area contributed by atoms with Crippen molar-refractivity contribution in [1.29, 1.82) is 0 Å². The van der Waals surface area contributed by atoms with E-state index in [9.17, 15) is 24.6 Å². The van der Waals surface area contributed by atoms with Crippen molar-refractivity contribution in [1.82, 2.24) is 10.6 Å². The van der Waals surface area contributed by atoms with Gasteiger partial charge in [-0.15, -0.1) is 0 Å². The van der Waals surface area contributed by atoms with Gasteiger partial charge in [0.15, 0.2) is 11.4 Å². The Morgan fingerprint density at radius 1 is 1.00 bits per heavy atom. The lowest BCUT2D eigenvalue weighted by Crippen LogP contribution is -2.55. The Hall–Kier alpha value is -3.33. The molecule has 1 heterocycles. The largest absolute Gasteiger partial charge is 0.394 e. The van der Waals surface area contributed by atoms with Crippen molar-refractivity contribution in [3.8, 4) is 11.1 Å². The lowest BCUT2D eigenvalue weighted by molar-refractivity contribution is -0.133. The number of hydrogen-bond donors (Lipinski definition) is 4. The fourth-order valence-corrected chi connectivity index (χ4v) is 4.04. The molecule has 3 atom stereocenters. The predicted octanol–water partition coefficient (Wildman–Crippen LogP) is 2.34. The standard InChI is InChI=1S/C28H34N2O6/c1-17(2)12-23(25(33)28(15-32)16-36-28)29-27(35)24(14-31)30-26(34)22-13-20(10-11-21(22)18(3)4)19-8-6-5-7-9-19/h5-11,13,17,23-24,31-32H,3,12,14-16H2,1-2,4H3,(H,29,35)(H,30,34)/t23-,24-,28+/m0/s1. The molecule has 4 N–H and O–H groups in total. The normalized spacial score (nSPS) is 18.3. The van der Waals surface area contributed by atoms with Gasteiger partial charge in [0.2, 0.25) is 5.91 Å². The second-order valence-electron chi connectivity index (χ2n) is 9.61. The van der Waals surface area contributed by atoms with Crippen LogP contribution in [0.1, 0.15) is 43.1 Å². The van der Waals surface area contributed by atoms with Crippen LogP contribution in [0.15, 0.2) is 55.1 Å². The van der Waals surface area contributed by atoms with E-state index in [0.29, 0.717) is 23.1 Å². The van der Waals surface area contributed by atoms with E-state index in [0.717, 1.165) is 11.1 Å². The summed E-state index contributed by atoms with van der Waals surface area (Å²) in [5, 5.41) is 24.7. The second kappa shape index (κ2) is 11.6. The van der Waals surface area contributed by atoms with Crippen LogP contribution in [0.4, 0.5) is 0 Å². The molecule has 0 saturated carbocycles. The van der Waals surface area contributed by atoms with E-state index in [2.05, 4.69) is 17.2 Å². The van der Waals surface area contributed by atoms with Crippen molar-refractivity contribution < 1.29 is 29.3 Å². The Kier molecular flexibility index (Phi) is 8.79. The molecule has 0 aromatic heterocycles. The van der Waals surface area contributed by atoms with Crippen LogP contribution in [0.2, 0.25) is 0 Å². The molecule has 1 fully saturated rings. The van der Waals surface area contributed by atoms with E-state index in [1.165, 1.54) is 0 Å². The third kappa shape index (κ3) is 6.26. The van der Waals surface area contributed by atoms with Gasteiger partial charge in [-0.05, 0) is 42.0 Å². The molecule has 36 heavy (non-hydrogen) atoms. The maximum absolute atomic E-state index is 13.3.